The van der Waals surface area contributed by atoms with Gasteiger partial charge in [-0.1, -0.05) is 84.5 Å². The molecule has 11 heteroatoms. The Hall–Kier alpha value is -2.78. The molecule has 208 valence electrons. The fraction of sp³-hybridized carbons (Fsp3) is 0.286. The fourth-order valence-corrected chi connectivity index (χ4v) is 5.99. The van der Waals surface area contributed by atoms with E-state index in [0.29, 0.717) is 17.1 Å². The second-order valence-corrected chi connectivity index (χ2v) is 12.0. The molecule has 3 rings (SSSR count). The SMILES string of the molecule is CCCCNC(=O)C(C)N(Cc1ccccc1Cl)C(=O)CN(c1cc(Cl)cc(Cl)c1)S(=O)(=O)c1ccccc1. The molecule has 0 radical (unpaired) electrons. The number of benzene rings is 3. The number of carbonyl (C=O) groups is 2. The predicted octanol–water partition coefficient (Wildman–Crippen LogP) is 6.18. The summed E-state index contributed by atoms with van der Waals surface area (Å²) in [5, 5.41) is 3.67. The normalized spacial score (nSPS) is 12.0. The van der Waals surface area contributed by atoms with Crippen molar-refractivity contribution in [3.8, 4) is 0 Å². The molecule has 3 aromatic carbocycles. The van der Waals surface area contributed by atoms with Crippen molar-refractivity contribution in [2.45, 2.75) is 44.2 Å². The maximum atomic E-state index is 13.9. The highest BCUT2D eigenvalue weighted by atomic mass is 35.5. The van der Waals surface area contributed by atoms with E-state index >= 15 is 0 Å². The molecule has 0 heterocycles. The highest BCUT2D eigenvalue weighted by Crippen LogP contribution is 2.30. The Morgan fingerprint density at radius 2 is 1.54 bits per heavy atom. The van der Waals surface area contributed by atoms with Gasteiger partial charge in [-0.15, -0.1) is 0 Å². The van der Waals surface area contributed by atoms with Crippen molar-refractivity contribution in [3.05, 3.63) is 93.4 Å². The number of rotatable bonds is 12. The lowest BCUT2D eigenvalue weighted by molar-refractivity contribution is -0.139. The van der Waals surface area contributed by atoms with Gasteiger partial charge in [0.05, 0.1) is 10.6 Å². The molecule has 0 bridgehead atoms. The van der Waals surface area contributed by atoms with Crippen LogP contribution in [0.4, 0.5) is 5.69 Å². The summed E-state index contributed by atoms with van der Waals surface area (Å²) in [5.74, 6) is -0.962. The third kappa shape index (κ3) is 8.11. The molecule has 0 saturated heterocycles. The molecule has 1 unspecified atom stereocenters. The second-order valence-electron chi connectivity index (χ2n) is 8.89. The number of sulfonamides is 1. The molecule has 0 aliphatic carbocycles. The largest absolute Gasteiger partial charge is 0.354 e. The van der Waals surface area contributed by atoms with E-state index in [1.807, 2.05) is 6.92 Å². The van der Waals surface area contributed by atoms with Crippen molar-refractivity contribution in [3.63, 3.8) is 0 Å². The topological polar surface area (TPSA) is 86.8 Å². The Bertz CT molecular complexity index is 1380. The summed E-state index contributed by atoms with van der Waals surface area (Å²) in [7, 11) is -4.22. The lowest BCUT2D eigenvalue weighted by Gasteiger charge is -2.32. The summed E-state index contributed by atoms with van der Waals surface area (Å²) in [5.41, 5.74) is 0.728. The third-order valence-corrected chi connectivity index (χ3v) is 8.63. The monoisotopic (exact) mass is 609 g/mol. The predicted molar refractivity (Wildman–Crippen MR) is 157 cm³/mol. The van der Waals surface area contributed by atoms with Crippen LogP contribution in [0.5, 0.6) is 0 Å². The highest BCUT2D eigenvalue weighted by molar-refractivity contribution is 7.92. The van der Waals surface area contributed by atoms with Gasteiger partial charge in [0.15, 0.2) is 0 Å². The van der Waals surface area contributed by atoms with Crippen LogP contribution in [0.1, 0.15) is 32.3 Å². The van der Waals surface area contributed by atoms with Crippen molar-refractivity contribution in [1.29, 1.82) is 0 Å². The molecule has 1 atom stereocenters. The van der Waals surface area contributed by atoms with Gasteiger partial charge in [-0.25, -0.2) is 8.42 Å². The quantitative estimate of drug-likeness (QED) is 0.248. The Kier molecular flexibility index (Phi) is 11.1. The Morgan fingerprint density at radius 1 is 0.923 bits per heavy atom. The molecular formula is C28H30Cl3N3O4S. The van der Waals surface area contributed by atoms with Gasteiger partial charge in [0.1, 0.15) is 12.6 Å². The first-order chi connectivity index (χ1) is 18.5. The van der Waals surface area contributed by atoms with Gasteiger partial charge in [0, 0.05) is 28.2 Å². The second kappa shape index (κ2) is 14.0. The number of unbranched alkanes of at least 4 members (excludes halogenated alkanes) is 1. The smallest absolute Gasteiger partial charge is 0.264 e. The summed E-state index contributed by atoms with van der Waals surface area (Å²) < 4.78 is 28.5. The lowest BCUT2D eigenvalue weighted by Crippen LogP contribution is -2.51. The number of nitrogens with zero attached hydrogens (tertiary/aromatic N) is 2. The Balaban J connectivity index is 2.03. The van der Waals surface area contributed by atoms with Crippen molar-refractivity contribution in [2.24, 2.45) is 0 Å². The first kappa shape index (κ1) is 30.8. The number of halogens is 3. The number of amides is 2. The summed E-state index contributed by atoms with van der Waals surface area (Å²) >= 11 is 18.8. The van der Waals surface area contributed by atoms with E-state index in [4.69, 9.17) is 34.8 Å². The molecule has 0 aliphatic heterocycles. The minimum atomic E-state index is -4.22. The van der Waals surface area contributed by atoms with Crippen molar-refractivity contribution < 1.29 is 18.0 Å². The zero-order valence-electron chi connectivity index (χ0n) is 21.6. The summed E-state index contributed by atoms with van der Waals surface area (Å²) in [6.07, 6.45) is 1.68. The van der Waals surface area contributed by atoms with Gasteiger partial charge in [-0.2, -0.15) is 0 Å². The number of hydrogen-bond donors (Lipinski definition) is 1. The van der Waals surface area contributed by atoms with E-state index in [-0.39, 0.29) is 33.1 Å². The number of anilines is 1. The highest BCUT2D eigenvalue weighted by Gasteiger charge is 2.33. The maximum absolute atomic E-state index is 13.9. The molecule has 3 aromatic rings. The minimum absolute atomic E-state index is 0.00357. The van der Waals surface area contributed by atoms with Crippen molar-refractivity contribution >= 4 is 62.3 Å². The lowest BCUT2D eigenvalue weighted by atomic mass is 10.1. The molecule has 7 nitrogen and oxygen atoms in total. The third-order valence-electron chi connectivity index (χ3n) is 6.04. The average molecular weight is 611 g/mol. The number of carbonyl (C=O) groups excluding carboxylic acids is 2. The van der Waals surface area contributed by atoms with Gasteiger partial charge in [0.25, 0.3) is 10.0 Å². The van der Waals surface area contributed by atoms with Gasteiger partial charge in [-0.05, 0) is 55.3 Å². The molecule has 0 aromatic heterocycles. The van der Waals surface area contributed by atoms with Gasteiger partial charge >= 0.3 is 0 Å². The fourth-order valence-electron chi connectivity index (χ4n) is 3.86. The van der Waals surface area contributed by atoms with Gasteiger partial charge in [0.2, 0.25) is 11.8 Å². The standard InChI is InChI=1S/C28H30Cl3N3O4S/c1-3-4-14-32-28(36)20(2)33(18-21-10-8-9-13-26(21)31)27(35)19-34(24-16-22(29)15-23(30)17-24)39(37,38)25-11-6-5-7-12-25/h5-13,15-17,20H,3-4,14,18-19H2,1-2H3,(H,32,36). The number of hydrogen-bond acceptors (Lipinski definition) is 4. The van der Waals surface area contributed by atoms with Gasteiger partial charge in [-0.3, -0.25) is 13.9 Å². The average Bonchev–Trinajstić information content (AvgIpc) is 2.90. The molecule has 1 N–H and O–H groups in total. The molecular weight excluding hydrogens is 581 g/mol. The van der Waals surface area contributed by atoms with Crippen LogP contribution in [0.15, 0.2) is 77.7 Å². The van der Waals surface area contributed by atoms with Crippen LogP contribution in [0.3, 0.4) is 0 Å². The molecule has 0 spiro atoms. The van der Waals surface area contributed by atoms with Crippen LogP contribution in [0.25, 0.3) is 0 Å². The van der Waals surface area contributed by atoms with E-state index in [2.05, 4.69) is 5.32 Å². The maximum Gasteiger partial charge on any atom is 0.264 e. The summed E-state index contributed by atoms with van der Waals surface area (Å²) in [6.45, 7) is 3.46. The zero-order valence-corrected chi connectivity index (χ0v) is 24.7. The van der Waals surface area contributed by atoms with Crippen LogP contribution in [-0.2, 0) is 26.2 Å². The van der Waals surface area contributed by atoms with Crippen LogP contribution >= 0.6 is 34.8 Å². The van der Waals surface area contributed by atoms with Crippen LogP contribution in [-0.4, -0.2) is 44.3 Å². The van der Waals surface area contributed by atoms with Crippen LogP contribution in [0, 0.1) is 0 Å². The first-order valence-corrected chi connectivity index (χ1v) is 15.0. The van der Waals surface area contributed by atoms with Crippen LogP contribution < -0.4 is 9.62 Å². The minimum Gasteiger partial charge on any atom is -0.354 e. The first-order valence-electron chi connectivity index (χ1n) is 12.4. The van der Waals surface area contributed by atoms with Crippen molar-refractivity contribution in [1.82, 2.24) is 10.2 Å². The van der Waals surface area contributed by atoms with Gasteiger partial charge < -0.3 is 10.2 Å². The van der Waals surface area contributed by atoms with Crippen LogP contribution in [0.2, 0.25) is 15.1 Å². The molecule has 0 fully saturated rings. The zero-order chi connectivity index (χ0) is 28.6. The van der Waals surface area contributed by atoms with E-state index in [1.54, 1.807) is 49.4 Å². The van der Waals surface area contributed by atoms with E-state index in [0.717, 1.165) is 17.1 Å². The molecule has 0 aliphatic rings. The van der Waals surface area contributed by atoms with E-state index < -0.39 is 28.5 Å². The summed E-state index contributed by atoms with van der Waals surface area (Å²) in [4.78, 5) is 28.2. The Morgan fingerprint density at radius 3 is 2.15 bits per heavy atom. The van der Waals surface area contributed by atoms with Crippen molar-refractivity contribution in [2.75, 3.05) is 17.4 Å². The summed E-state index contributed by atoms with van der Waals surface area (Å²) in [6, 6.07) is 18.1. The number of nitrogens with one attached hydrogen (secondary N) is 1. The Labute approximate surface area is 244 Å². The van der Waals surface area contributed by atoms with E-state index in [1.165, 1.54) is 35.2 Å². The molecule has 39 heavy (non-hydrogen) atoms. The molecule has 0 saturated carbocycles. The molecule has 2 amide bonds. The van der Waals surface area contributed by atoms with E-state index in [9.17, 15) is 18.0 Å².